The topological polar surface area (TPSA) is 85.1 Å². The van der Waals surface area contributed by atoms with Gasteiger partial charge in [-0.2, -0.15) is 0 Å². The third kappa shape index (κ3) is 3.89. The first-order chi connectivity index (χ1) is 8.86. The van der Waals surface area contributed by atoms with Crippen molar-refractivity contribution in [1.29, 1.82) is 0 Å². The molecule has 0 saturated heterocycles. The summed E-state index contributed by atoms with van der Waals surface area (Å²) >= 11 is 5.68. The highest BCUT2D eigenvalue weighted by Gasteiger charge is 2.23. The van der Waals surface area contributed by atoms with Gasteiger partial charge in [0.2, 0.25) is 0 Å². The second-order valence-corrected chi connectivity index (χ2v) is 4.90. The summed E-state index contributed by atoms with van der Waals surface area (Å²) in [6, 6.07) is 1.17. The highest BCUT2D eigenvalue weighted by molar-refractivity contribution is 6.29. The summed E-state index contributed by atoms with van der Waals surface area (Å²) in [5, 5.41) is 13.7. The van der Waals surface area contributed by atoms with Crippen LogP contribution in [-0.4, -0.2) is 21.9 Å². The van der Waals surface area contributed by atoms with Crippen LogP contribution in [0.1, 0.15) is 37.6 Å². The fraction of sp³-hybridized carbons (Fsp3) is 0.500. The van der Waals surface area contributed by atoms with Crippen LogP contribution in [0.2, 0.25) is 5.15 Å². The number of nitro groups is 1. The maximum Gasteiger partial charge on any atom is 0.300 e. The SMILES string of the molecule is CCC(NC(=O)c1cc(Cl)ncc1[N+](=O)[O-])C(C)C. The molecule has 1 N–H and O–H groups in total. The lowest BCUT2D eigenvalue weighted by atomic mass is 10.0. The summed E-state index contributed by atoms with van der Waals surface area (Å²) in [6.07, 6.45) is 1.74. The van der Waals surface area contributed by atoms with Crippen molar-refractivity contribution in [3.8, 4) is 0 Å². The van der Waals surface area contributed by atoms with Crippen LogP contribution in [0.15, 0.2) is 12.3 Å². The largest absolute Gasteiger partial charge is 0.349 e. The van der Waals surface area contributed by atoms with E-state index >= 15 is 0 Å². The average molecular weight is 286 g/mol. The number of hydrogen-bond donors (Lipinski definition) is 1. The molecule has 0 aliphatic rings. The third-order valence-corrected chi connectivity index (χ3v) is 3.06. The predicted molar refractivity (Wildman–Crippen MR) is 72.3 cm³/mol. The lowest BCUT2D eigenvalue weighted by molar-refractivity contribution is -0.385. The zero-order chi connectivity index (χ0) is 14.6. The Labute approximate surface area is 116 Å². The first-order valence-corrected chi connectivity index (χ1v) is 6.35. The van der Waals surface area contributed by atoms with E-state index in [9.17, 15) is 14.9 Å². The van der Waals surface area contributed by atoms with Crippen LogP contribution in [0, 0.1) is 16.0 Å². The molecule has 0 bridgehead atoms. The van der Waals surface area contributed by atoms with Crippen LogP contribution in [-0.2, 0) is 0 Å². The van der Waals surface area contributed by atoms with Crippen LogP contribution < -0.4 is 5.32 Å². The van der Waals surface area contributed by atoms with Gasteiger partial charge in [0.1, 0.15) is 16.9 Å². The van der Waals surface area contributed by atoms with E-state index in [1.165, 1.54) is 6.07 Å². The Kier molecular flexibility index (Phi) is 5.23. The molecule has 0 fully saturated rings. The Balaban J connectivity index is 3.05. The van der Waals surface area contributed by atoms with Gasteiger partial charge in [0.25, 0.3) is 11.6 Å². The van der Waals surface area contributed by atoms with Crippen molar-refractivity contribution in [3.63, 3.8) is 0 Å². The number of aromatic nitrogens is 1. The molecule has 1 aromatic rings. The maximum atomic E-state index is 12.1. The number of pyridine rings is 1. The van der Waals surface area contributed by atoms with Gasteiger partial charge in [0.05, 0.1) is 4.92 Å². The van der Waals surface area contributed by atoms with Crippen molar-refractivity contribution in [2.45, 2.75) is 33.2 Å². The number of amides is 1. The van der Waals surface area contributed by atoms with Gasteiger partial charge in [-0.3, -0.25) is 14.9 Å². The summed E-state index contributed by atoms with van der Waals surface area (Å²) in [5.74, 6) is -0.262. The normalized spacial score (nSPS) is 12.3. The summed E-state index contributed by atoms with van der Waals surface area (Å²) < 4.78 is 0. The van der Waals surface area contributed by atoms with Crippen molar-refractivity contribution in [2.24, 2.45) is 5.92 Å². The molecule has 1 heterocycles. The van der Waals surface area contributed by atoms with E-state index in [-0.39, 0.29) is 28.4 Å². The number of nitrogens with one attached hydrogen (secondary N) is 1. The molecule has 1 atom stereocenters. The fourth-order valence-electron chi connectivity index (χ4n) is 1.74. The maximum absolute atomic E-state index is 12.1. The summed E-state index contributed by atoms with van der Waals surface area (Å²) in [7, 11) is 0. The molecule has 0 saturated carbocycles. The smallest absolute Gasteiger partial charge is 0.300 e. The van der Waals surface area contributed by atoms with Crippen LogP contribution >= 0.6 is 11.6 Å². The van der Waals surface area contributed by atoms with Gasteiger partial charge < -0.3 is 5.32 Å². The second kappa shape index (κ2) is 6.47. The Hall–Kier alpha value is -1.69. The molecule has 0 aliphatic heterocycles. The van der Waals surface area contributed by atoms with Crippen molar-refractivity contribution in [2.75, 3.05) is 0 Å². The van der Waals surface area contributed by atoms with Crippen molar-refractivity contribution in [3.05, 3.63) is 33.1 Å². The summed E-state index contributed by atoms with van der Waals surface area (Å²) in [4.78, 5) is 25.9. The van der Waals surface area contributed by atoms with Crippen LogP contribution in [0.3, 0.4) is 0 Å². The number of carbonyl (C=O) groups excluding carboxylic acids is 1. The monoisotopic (exact) mass is 285 g/mol. The molecule has 0 spiro atoms. The van der Waals surface area contributed by atoms with Gasteiger partial charge in [-0.25, -0.2) is 4.98 Å². The molecular weight excluding hydrogens is 270 g/mol. The zero-order valence-electron chi connectivity index (χ0n) is 11.0. The van der Waals surface area contributed by atoms with Gasteiger partial charge >= 0.3 is 0 Å². The minimum absolute atomic E-state index is 0.0426. The van der Waals surface area contributed by atoms with Gasteiger partial charge in [-0.1, -0.05) is 32.4 Å². The number of nitrogens with zero attached hydrogens (tertiary/aromatic N) is 2. The summed E-state index contributed by atoms with van der Waals surface area (Å²) in [5.41, 5.74) is -0.412. The molecule has 1 rings (SSSR count). The molecule has 0 aromatic carbocycles. The van der Waals surface area contributed by atoms with E-state index in [1.54, 1.807) is 0 Å². The van der Waals surface area contributed by atoms with Crippen molar-refractivity contribution < 1.29 is 9.72 Å². The van der Waals surface area contributed by atoms with E-state index in [1.807, 2.05) is 20.8 Å². The molecule has 0 radical (unpaired) electrons. The minimum Gasteiger partial charge on any atom is -0.349 e. The lowest BCUT2D eigenvalue weighted by Crippen LogP contribution is -2.38. The molecular formula is C12H16ClN3O3. The Morgan fingerprint density at radius 1 is 1.58 bits per heavy atom. The third-order valence-electron chi connectivity index (χ3n) is 2.85. The lowest BCUT2D eigenvalue weighted by Gasteiger charge is -2.20. The molecule has 104 valence electrons. The standard InChI is InChI=1S/C12H16ClN3O3/c1-4-9(7(2)3)15-12(17)8-5-11(13)14-6-10(8)16(18)19/h5-7,9H,4H2,1-3H3,(H,15,17). The Bertz CT molecular complexity index is 491. The number of carbonyl (C=O) groups is 1. The summed E-state index contributed by atoms with van der Waals surface area (Å²) in [6.45, 7) is 5.89. The van der Waals surface area contributed by atoms with Gasteiger partial charge in [0.15, 0.2) is 0 Å². The molecule has 19 heavy (non-hydrogen) atoms. The van der Waals surface area contributed by atoms with Gasteiger partial charge in [-0.15, -0.1) is 0 Å². The van der Waals surface area contributed by atoms with E-state index < -0.39 is 10.8 Å². The average Bonchev–Trinajstić information content (AvgIpc) is 2.34. The number of rotatable bonds is 5. The highest BCUT2D eigenvalue weighted by Crippen LogP contribution is 2.20. The molecule has 0 aliphatic carbocycles. The molecule has 1 unspecified atom stereocenters. The fourth-order valence-corrected chi connectivity index (χ4v) is 1.89. The Morgan fingerprint density at radius 3 is 2.68 bits per heavy atom. The van der Waals surface area contributed by atoms with Crippen LogP contribution in [0.5, 0.6) is 0 Å². The van der Waals surface area contributed by atoms with Crippen LogP contribution in [0.25, 0.3) is 0 Å². The zero-order valence-corrected chi connectivity index (χ0v) is 11.8. The van der Waals surface area contributed by atoms with E-state index in [4.69, 9.17) is 11.6 Å². The molecule has 7 heteroatoms. The Morgan fingerprint density at radius 2 is 2.21 bits per heavy atom. The second-order valence-electron chi connectivity index (χ2n) is 4.51. The first kappa shape index (κ1) is 15.4. The van der Waals surface area contributed by atoms with E-state index in [0.29, 0.717) is 0 Å². The van der Waals surface area contributed by atoms with Gasteiger partial charge in [0, 0.05) is 6.04 Å². The quantitative estimate of drug-likeness (QED) is 0.512. The van der Waals surface area contributed by atoms with E-state index in [2.05, 4.69) is 10.3 Å². The molecule has 1 amide bonds. The molecule has 6 nitrogen and oxygen atoms in total. The van der Waals surface area contributed by atoms with Crippen LogP contribution in [0.4, 0.5) is 5.69 Å². The number of halogens is 1. The highest BCUT2D eigenvalue weighted by atomic mass is 35.5. The van der Waals surface area contributed by atoms with E-state index in [0.717, 1.165) is 12.6 Å². The van der Waals surface area contributed by atoms with Gasteiger partial charge in [-0.05, 0) is 18.4 Å². The molecule has 1 aromatic heterocycles. The minimum atomic E-state index is -0.644. The number of hydrogen-bond acceptors (Lipinski definition) is 4. The van der Waals surface area contributed by atoms with Crippen molar-refractivity contribution >= 4 is 23.2 Å². The van der Waals surface area contributed by atoms with Crippen molar-refractivity contribution in [1.82, 2.24) is 10.3 Å². The predicted octanol–water partition coefficient (Wildman–Crippen LogP) is 2.81. The first-order valence-electron chi connectivity index (χ1n) is 5.97.